The number of nitrogens with two attached hydrogens (primary N) is 2. The molecule has 0 aliphatic carbocycles. The van der Waals surface area contributed by atoms with E-state index in [2.05, 4.69) is 4.74 Å². The van der Waals surface area contributed by atoms with E-state index >= 15 is 0 Å². The van der Waals surface area contributed by atoms with E-state index in [9.17, 15) is 19.2 Å². The minimum Gasteiger partial charge on any atom is -0.481 e. The number of aliphatic hydroxyl groups is 2. The molecule has 0 bridgehead atoms. The first kappa shape index (κ1) is 30.1. The Kier molecular flexibility index (Phi) is 17.3. The predicted octanol–water partition coefficient (Wildman–Crippen LogP) is -1.19. The van der Waals surface area contributed by atoms with Crippen LogP contribution in [0.15, 0.2) is 30.3 Å². The lowest BCUT2D eigenvalue weighted by atomic mass is 10.1. The van der Waals surface area contributed by atoms with Crippen LogP contribution < -0.4 is 11.5 Å². The van der Waals surface area contributed by atoms with E-state index < -0.39 is 48.7 Å². The van der Waals surface area contributed by atoms with Gasteiger partial charge >= 0.3 is 23.9 Å². The van der Waals surface area contributed by atoms with E-state index in [4.69, 9.17) is 37.0 Å². The number of carbonyl (C=O) groups excluding carboxylic acids is 1. The van der Waals surface area contributed by atoms with Crippen molar-refractivity contribution >= 4 is 23.9 Å². The van der Waals surface area contributed by atoms with E-state index in [1.54, 1.807) is 0 Å². The summed E-state index contributed by atoms with van der Waals surface area (Å²) in [5, 5.41) is 41.0. The second kappa shape index (κ2) is 17.8. The summed E-state index contributed by atoms with van der Waals surface area (Å²) in [5.74, 6) is -4.14. The van der Waals surface area contributed by atoms with Crippen LogP contribution in [-0.2, 0) is 30.3 Å². The smallest absolute Gasteiger partial charge is 0.324 e. The Labute approximate surface area is 179 Å². The number of rotatable bonds is 10. The summed E-state index contributed by atoms with van der Waals surface area (Å²) in [6, 6.07) is 7.27. The van der Waals surface area contributed by atoms with Crippen molar-refractivity contribution in [2.24, 2.45) is 11.5 Å². The lowest BCUT2D eigenvalue weighted by Crippen LogP contribution is -2.35. The van der Waals surface area contributed by atoms with Gasteiger partial charge in [-0.1, -0.05) is 30.3 Å². The number of ether oxygens (including phenoxy) is 1. The highest BCUT2D eigenvalue weighted by Gasteiger charge is 2.14. The first-order valence-corrected chi connectivity index (χ1v) is 9.07. The molecule has 0 aliphatic heterocycles. The molecular formula is C19H30N2O10. The molecule has 0 saturated heterocycles. The van der Waals surface area contributed by atoms with E-state index in [0.717, 1.165) is 5.56 Å². The van der Waals surface area contributed by atoms with Gasteiger partial charge < -0.3 is 41.7 Å². The van der Waals surface area contributed by atoms with Gasteiger partial charge in [0.1, 0.15) is 18.7 Å². The van der Waals surface area contributed by atoms with Crippen LogP contribution in [0.1, 0.15) is 25.3 Å². The number of benzene rings is 1. The standard InChI is InChI=1S/C9H11NO2.C7H11NO6.C3H8O2/c10-8(9(11)12)6-7-4-2-1-3-5-7;8-4(7(12)13)3-14-6(11)2-1-5(9)10;1-3(5)2-4/h1-5,8H,6,10H2,(H,11,12);4H,1-3,8H2,(H,9,10)(H,12,13);3-5H,2H2,1H3/t8-;4-;/m00./s1. The Morgan fingerprint density at radius 3 is 1.81 bits per heavy atom. The number of carboxylic acids is 3. The van der Waals surface area contributed by atoms with Gasteiger partial charge in [-0.2, -0.15) is 0 Å². The first-order valence-electron chi connectivity index (χ1n) is 9.07. The Morgan fingerprint density at radius 1 is 0.935 bits per heavy atom. The van der Waals surface area contributed by atoms with Crippen molar-refractivity contribution in [2.45, 2.75) is 44.4 Å². The fraction of sp³-hybridized carbons (Fsp3) is 0.474. The van der Waals surface area contributed by atoms with Gasteiger partial charge in [0.2, 0.25) is 0 Å². The number of hydrogen-bond acceptors (Lipinski definition) is 9. The largest absolute Gasteiger partial charge is 0.481 e. The summed E-state index contributed by atoms with van der Waals surface area (Å²) < 4.78 is 4.41. The summed E-state index contributed by atoms with van der Waals surface area (Å²) in [5.41, 5.74) is 11.3. The van der Waals surface area contributed by atoms with Gasteiger partial charge in [0.05, 0.1) is 25.6 Å². The number of esters is 1. The molecule has 0 radical (unpaired) electrons. The maximum absolute atomic E-state index is 10.7. The number of hydrogen-bond donors (Lipinski definition) is 7. The van der Waals surface area contributed by atoms with Gasteiger partial charge in [-0.15, -0.1) is 0 Å². The van der Waals surface area contributed by atoms with E-state index in [1.165, 1.54) is 6.92 Å². The fourth-order valence-corrected chi connectivity index (χ4v) is 1.49. The third kappa shape index (κ3) is 20.0. The van der Waals surface area contributed by atoms with Crippen molar-refractivity contribution in [1.29, 1.82) is 0 Å². The second-order valence-electron chi connectivity index (χ2n) is 6.19. The van der Waals surface area contributed by atoms with E-state index in [-0.39, 0.29) is 19.4 Å². The Balaban J connectivity index is 0. The zero-order valence-electron chi connectivity index (χ0n) is 17.1. The van der Waals surface area contributed by atoms with Gasteiger partial charge in [-0.3, -0.25) is 19.2 Å². The van der Waals surface area contributed by atoms with Crippen LogP contribution >= 0.6 is 0 Å². The molecule has 1 aromatic rings. The van der Waals surface area contributed by atoms with E-state index in [0.29, 0.717) is 6.42 Å². The van der Waals surface area contributed by atoms with Crippen LogP contribution in [-0.4, -0.2) is 80.8 Å². The van der Waals surface area contributed by atoms with Crippen LogP contribution in [0.3, 0.4) is 0 Å². The SMILES string of the molecule is CC(O)CO.N[C@@H](COC(=O)CCC(=O)O)C(=O)O.N[C@@H](Cc1ccccc1)C(=O)O. The molecular weight excluding hydrogens is 416 g/mol. The quantitative estimate of drug-likeness (QED) is 0.210. The molecule has 3 atom stereocenters. The summed E-state index contributed by atoms with van der Waals surface area (Å²) in [4.78, 5) is 41.3. The molecule has 12 heteroatoms. The van der Waals surface area contributed by atoms with Gasteiger partial charge in [0.25, 0.3) is 0 Å². The summed E-state index contributed by atoms with van der Waals surface area (Å²) >= 11 is 0. The molecule has 0 aliphatic rings. The third-order valence-electron chi connectivity index (χ3n) is 3.16. The number of aliphatic hydroxyl groups excluding tert-OH is 2. The zero-order valence-corrected chi connectivity index (χ0v) is 17.1. The molecule has 0 heterocycles. The number of aliphatic carboxylic acids is 3. The molecule has 0 aromatic heterocycles. The number of carboxylic acid groups (broad SMARTS) is 3. The van der Waals surface area contributed by atoms with Crippen LogP contribution in [0, 0.1) is 0 Å². The lowest BCUT2D eigenvalue weighted by molar-refractivity contribution is -0.150. The minimum absolute atomic E-state index is 0.139. The van der Waals surface area contributed by atoms with Crippen molar-refractivity contribution in [3.05, 3.63) is 35.9 Å². The zero-order chi connectivity index (χ0) is 24.4. The van der Waals surface area contributed by atoms with Crippen LogP contribution in [0.25, 0.3) is 0 Å². The van der Waals surface area contributed by atoms with Gasteiger partial charge in [-0.25, -0.2) is 0 Å². The highest BCUT2D eigenvalue weighted by molar-refractivity contribution is 5.77. The van der Waals surface area contributed by atoms with E-state index in [1.807, 2.05) is 30.3 Å². The molecule has 1 aromatic carbocycles. The normalized spacial score (nSPS) is 12.5. The molecule has 1 rings (SSSR count). The fourth-order valence-electron chi connectivity index (χ4n) is 1.49. The third-order valence-corrected chi connectivity index (χ3v) is 3.16. The Morgan fingerprint density at radius 2 is 1.42 bits per heavy atom. The molecule has 176 valence electrons. The van der Waals surface area contributed by atoms with Crippen LogP contribution in [0.2, 0.25) is 0 Å². The molecule has 0 amide bonds. The summed E-state index contributed by atoms with van der Waals surface area (Å²) in [6.07, 6.45) is -0.811. The highest BCUT2D eigenvalue weighted by atomic mass is 16.5. The molecule has 0 saturated carbocycles. The molecule has 0 spiro atoms. The van der Waals surface area contributed by atoms with Crippen molar-refractivity contribution in [3.8, 4) is 0 Å². The van der Waals surface area contributed by atoms with Crippen LogP contribution in [0.4, 0.5) is 0 Å². The molecule has 31 heavy (non-hydrogen) atoms. The average molecular weight is 446 g/mol. The topological polar surface area (TPSA) is 231 Å². The molecule has 9 N–H and O–H groups in total. The summed E-state index contributed by atoms with van der Waals surface area (Å²) in [7, 11) is 0. The minimum atomic E-state index is -1.28. The second-order valence-corrected chi connectivity index (χ2v) is 6.19. The van der Waals surface area contributed by atoms with Crippen molar-refractivity contribution < 1.29 is 49.4 Å². The van der Waals surface area contributed by atoms with Crippen molar-refractivity contribution in [1.82, 2.24) is 0 Å². The lowest BCUT2D eigenvalue weighted by Gasteiger charge is -2.06. The van der Waals surface area contributed by atoms with Crippen LogP contribution in [0.5, 0.6) is 0 Å². The average Bonchev–Trinajstić information content (AvgIpc) is 2.71. The monoisotopic (exact) mass is 446 g/mol. The summed E-state index contributed by atoms with van der Waals surface area (Å²) in [6.45, 7) is 0.938. The first-order chi connectivity index (χ1) is 14.4. The van der Waals surface area contributed by atoms with Gasteiger partial charge in [0, 0.05) is 0 Å². The molecule has 0 fully saturated rings. The molecule has 12 nitrogen and oxygen atoms in total. The Hall–Kier alpha value is -3.06. The molecule has 1 unspecified atom stereocenters. The highest BCUT2D eigenvalue weighted by Crippen LogP contribution is 2.01. The number of carbonyl (C=O) groups is 4. The van der Waals surface area contributed by atoms with Crippen molar-refractivity contribution in [2.75, 3.05) is 13.2 Å². The maximum atomic E-state index is 10.7. The Bertz CT molecular complexity index is 667. The predicted molar refractivity (Wildman–Crippen MR) is 108 cm³/mol. The van der Waals surface area contributed by atoms with Crippen molar-refractivity contribution in [3.63, 3.8) is 0 Å². The maximum Gasteiger partial charge on any atom is 0.324 e. The van der Waals surface area contributed by atoms with Gasteiger partial charge in [-0.05, 0) is 18.9 Å². The van der Waals surface area contributed by atoms with Gasteiger partial charge in [0.15, 0.2) is 0 Å².